The molecule has 0 bridgehead atoms. The van der Waals surface area contributed by atoms with Crippen LogP contribution in [-0.2, 0) is 4.74 Å². The van der Waals surface area contributed by atoms with Crippen LogP contribution >= 0.6 is 0 Å². The Bertz CT molecular complexity index is 563. The highest BCUT2D eigenvalue weighted by molar-refractivity contribution is 6.02. The average molecular weight is 363 g/mol. The maximum atomic E-state index is 12.4. The topological polar surface area (TPSA) is 63.6 Å². The highest BCUT2D eigenvalue weighted by Crippen LogP contribution is 2.20. The lowest BCUT2D eigenvalue weighted by Crippen LogP contribution is -2.24. The quantitative estimate of drug-likeness (QED) is 0.368. The molecule has 1 aromatic rings. The molecule has 146 valence electrons. The molecule has 0 heterocycles. The van der Waals surface area contributed by atoms with Crippen molar-refractivity contribution in [2.24, 2.45) is 11.8 Å². The van der Waals surface area contributed by atoms with Gasteiger partial charge >= 0.3 is 11.9 Å². The number of carbonyl (C=O) groups excluding carboxylic acids is 1. The summed E-state index contributed by atoms with van der Waals surface area (Å²) in [6, 6.07) is 6.21. The van der Waals surface area contributed by atoms with Gasteiger partial charge in [0.1, 0.15) is 6.10 Å². The van der Waals surface area contributed by atoms with Crippen LogP contribution in [0.1, 0.15) is 93.4 Å². The predicted molar refractivity (Wildman–Crippen MR) is 105 cm³/mol. The molecule has 0 radical (unpaired) electrons. The van der Waals surface area contributed by atoms with E-state index in [0.717, 1.165) is 25.2 Å². The standard InChI is InChI=1S/C22H34O4/c1-16(2)12-8-6-5-7-9-15-20(17(3)4)26-22(25)19-14-11-10-13-18(19)21(23)24/h10-11,13-14,16-17,20H,5-9,12,15H2,1-4H3,(H,23,24). The van der Waals surface area contributed by atoms with Crippen LogP contribution in [0, 0.1) is 11.8 Å². The summed E-state index contributed by atoms with van der Waals surface area (Å²) >= 11 is 0. The van der Waals surface area contributed by atoms with E-state index in [-0.39, 0.29) is 23.1 Å². The highest BCUT2D eigenvalue weighted by atomic mass is 16.5. The summed E-state index contributed by atoms with van der Waals surface area (Å²) in [5.74, 6) is -0.677. The van der Waals surface area contributed by atoms with Crippen LogP contribution < -0.4 is 0 Å². The van der Waals surface area contributed by atoms with E-state index in [9.17, 15) is 14.7 Å². The fraction of sp³-hybridized carbons (Fsp3) is 0.636. The summed E-state index contributed by atoms with van der Waals surface area (Å²) in [6.45, 7) is 8.57. The number of hydrogen-bond acceptors (Lipinski definition) is 3. The van der Waals surface area contributed by atoms with Crippen LogP contribution in [0.4, 0.5) is 0 Å². The lowest BCUT2D eigenvalue weighted by molar-refractivity contribution is 0.0147. The van der Waals surface area contributed by atoms with Crippen molar-refractivity contribution < 1.29 is 19.4 Å². The van der Waals surface area contributed by atoms with Crippen LogP contribution in [0.25, 0.3) is 0 Å². The van der Waals surface area contributed by atoms with Crippen molar-refractivity contribution >= 4 is 11.9 Å². The first kappa shape index (κ1) is 22.2. The van der Waals surface area contributed by atoms with Gasteiger partial charge in [0.15, 0.2) is 0 Å². The smallest absolute Gasteiger partial charge is 0.339 e. The second kappa shape index (κ2) is 11.7. The van der Waals surface area contributed by atoms with Gasteiger partial charge in [0.2, 0.25) is 0 Å². The van der Waals surface area contributed by atoms with E-state index in [0.29, 0.717) is 0 Å². The molecule has 4 heteroatoms. The molecular weight excluding hydrogens is 328 g/mol. The monoisotopic (exact) mass is 362 g/mol. The number of esters is 1. The minimum atomic E-state index is -1.11. The molecule has 0 aromatic heterocycles. The number of unbranched alkanes of at least 4 members (excludes halogenated alkanes) is 4. The van der Waals surface area contributed by atoms with E-state index in [1.54, 1.807) is 12.1 Å². The third-order valence-corrected chi connectivity index (χ3v) is 4.65. The molecule has 0 saturated carbocycles. The number of hydrogen-bond donors (Lipinski definition) is 1. The third kappa shape index (κ3) is 8.03. The summed E-state index contributed by atoms with van der Waals surface area (Å²) in [6.07, 6.45) is 7.86. The summed E-state index contributed by atoms with van der Waals surface area (Å²) < 4.78 is 5.65. The molecule has 26 heavy (non-hydrogen) atoms. The Morgan fingerprint density at radius 1 is 0.885 bits per heavy atom. The number of carboxylic acid groups (broad SMARTS) is 1. The van der Waals surface area contributed by atoms with Gasteiger partial charge in [0.25, 0.3) is 0 Å². The van der Waals surface area contributed by atoms with Gasteiger partial charge in [0, 0.05) is 0 Å². The molecule has 1 atom stereocenters. The molecule has 0 fully saturated rings. The Kier molecular flexibility index (Phi) is 10.0. The number of carboxylic acids is 1. The van der Waals surface area contributed by atoms with E-state index in [4.69, 9.17) is 4.74 Å². The largest absolute Gasteiger partial charge is 0.478 e. The molecule has 1 unspecified atom stereocenters. The van der Waals surface area contributed by atoms with E-state index in [1.807, 2.05) is 13.8 Å². The zero-order chi connectivity index (χ0) is 19.5. The van der Waals surface area contributed by atoms with Gasteiger partial charge in [-0.25, -0.2) is 9.59 Å². The van der Waals surface area contributed by atoms with Crippen molar-refractivity contribution in [3.05, 3.63) is 35.4 Å². The van der Waals surface area contributed by atoms with Gasteiger partial charge in [0.05, 0.1) is 11.1 Å². The van der Waals surface area contributed by atoms with Crippen molar-refractivity contribution in [3.63, 3.8) is 0 Å². The van der Waals surface area contributed by atoms with Gasteiger partial charge in [-0.05, 0) is 36.8 Å². The number of benzene rings is 1. The molecule has 1 aromatic carbocycles. The lowest BCUT2D eigenvalue weighted by atomic mass is 9.98. The third-order valence-electron chi connectivity index (χ3n) is 4.65. The van der Waals surface area contributed by atoms with Crippen molar-refractivity contribution in [3.8, 4) is 0 Å². The summed E-state index contributed by atoms with van der Waals surface area (Å²) in [4.78, 5) is 23.7. The average Bonchev–Trinajstić information content (AvgIpc) is 2.59. The van der Waals surface area contributed by atoms with Crippen LogP contribution in [0.5, 0.6) is 0 Å². The SMILES string of the molecule is CC(C)CCCCCCCC(OC(=O)c1ccccc1C(=O)O)C(C)C. The summed E-state index contributed by atoms with van der Waals surface area (Å²) in [5.41, 5.74) is 0.115. The first-order valence-corrected chi connectivity index (χ1v) is 9.86. The molecule has 0 aliphatic rings. The molecule has 0 spiro atoms. The second-order valence-corrected chi connectivity index (χ2v) is 7.78. The van der Waals surface area contributed by atoms with E-state index in [1.165, 1.54) is 37.8 Å². The minimum Gasteiger partial charge on any atom is -0.478 e. The number of aromatic carboxylic acids is 1. The molecule has 4 nitrogen and oxygen atoms in total. The molecule has 0 aliphatic carbocycles. The first-order valence-electron chi connectivity index (χ1n) is 9.86. The van der Waals surface area contributed by atoms with Crippen LogP contribution in [0.2, 0.25) is 0 Å². The van der Waals surface area contributed by atoms with Gasteiger partial charge in [-0.2, -0.15) is 0 Å². The summed E-state index contributed by atoms with van der Waals surface area (Å²) in [7, 11) is 0. The molecular formula is C22H34O4. The Balaban J connectivity index is 2.48. The fourth-order valence-corrected chi connectivity index (χ4v) is 3.01. The van der Waals surface area contributed by atoms with Crippen molar-refractivity contribution in [1.29, 1.82) is 0 Å². The van der Waals surface area contributed by atoms with Crippen molar-refractivity contribution in [2.75, 3.05) is 0 Å². The van der Waals surface area contributed by atoms with Crippen LogP contribution in [0.15, 0.2) is 24.3 Å². The highest BCUT2D eigenvalue weighted by Gasteiger charge is 2.22. The maximum Gasteiger partial charge on any atom is 0.339 e. The van der Waals surface area contributed by atoms with Gasteiger partial charge in [-0.3, -0.25) is 0 Å². The second-order valence-electron chi connectivity index (χ2n) is 7.78. The van der Waals surface area contributed by atoms with E-state index in [2.05, 4.69) is 13.8 Å². The molecule has 0 amide bonds. The number of carbonyl (C=O) groups is 2. The predicted octanol–water partition coefficient (Wildman–Crippen LogP) is 5.95. The number of ether oxygens (including phenoxy) is 1. The Labute approximate surface area is 158 Å². The van der Waals surface area contributed by atoms with Gasteiger partial charge in [-0.15, -0.1) is 0 Å². The Morgan fingerprint density at radius 2 is 1.42 bits per heavy atom. The first-order chi connectivity index (χ1) is 12.3. The molecule has 0 aliphatic heterocycles. The van der Waals surface area contributed by atoms with Gasteiger partial charge < -0.3 is 9.84 Å². The normalized spacial score (nSPS) is 12.4. The molecule has 0 saturated heterocycles. The maximum absolute atomic E-state index is 12.4. The van der Waals surface area contributed by atoms with Crippen molar-refractivity contribution in [2.45, 2.75) is 78.7 Å². The fourth-order valence-electron chi connectivity index (χ4n) is 3.01. The zero-order valence-corrected chi connectivity index (χ0v) is 16.7. The van der Waals surface area contributed by atoms with E-state index < -0.39 is 11.9 Å². The lowest BCUT2D eigenvalue weighted by Gasteiger charge is -2.22. The molecule has 1 N–H and O–H groups in total. The Hall–Kier alpha value is -1.84. The molecule has 1 rings (SSSR count). The summed E-state index contributed by atoms with van der Waals surface area (Å²) in [5, 5.41) is 9.23. The van der Waals surface area contributed by atoms with Gasteiger partial charge in [-0.1, -0.05) is 71.9 Å². The minimum absolute atomic E-state index is 0.00911. The Morgan fingerprint density at radius 3 is 1.96 bits per heavy atom. The van der Waals surface area contributed by atoms with Crippen molar-refractivity contribution in [1.82, 2.24) is 0 Å². The van der Waals surface area contributed by atoms with Crippen LogP contribution in [0.3, 0.4) is 0 Å². The van der Waals surface area contributed by atoms with E-state index >= 15 is 0 Å². The number of rotatable bonds is 12. The zero-order valence-electron chi connectivity index (χ0n) is 16.7. The van der Waals surface area contributed by atoms with Crippen LogP contribution in [-0.4, -0.2) is 23.1 Å².